The number of allylic oxidation sites excluding steroid dienone is 2. The predicted molar refractivity (Wildman–Crippen MR) is 91.3 cm³/mol. The van der Waals surface area contributed by atoms with Crippen molar-refractivity contribution in [2.24, 2.45) is 0 Å². The molecule has 2 rings (SSSR count). The Balaban J connectivity index is 2.53. The number of hydrogen-bond donors (Lipinski definition) is 2. The Morgan fingerprint density at radius 1 is 1.15 bits per heavy atom. The van der Waals surface area contributed by atoms with Gasteiger partial charge < -0.3 is 15.2 Å². The van der Waals surface area contributed by atoms with Gasteiger partial charge in [0.25, 0.3) is 0 Å². The van der Waals surface area contributed by atoms with Gasteiger partial charge in [0.1, 0.15) is 6.61 Å². The van der Waals surface area contributed by atoms with E-state index in [2.05, 4.69) is 5.32 Å². The maximum atomic E-state index is 12.6. The lowest BCUT2D eigenvalue weighted by atomic mass is 9.80. The molecule has 7 heteroatoms. The van der Waals surface area contributed by atoms with Crippen LogP contribution in [0.2, 0.25) is 0 Å². The molecule has 1 aliphatic rings. The Bertz CT molecular complexity index is 883. The van der Waals surface area contributed by atoms with Crippen LogP contribution in [0, 0.1) is 22.7 Å². The molecule has 0 spiro atoms. The number of ether oxygens (including phenoxy) is 1. The van der Waals surface area contributed by atoms with Gasteiger partial charge in [0.2, 0.25) is 0 Å². The Kier molecular flexibility index (Phi) is 5.77. The molecule has 132 valence electrons. The van der Waals surface area contributed by atoms with Gasteiger partial charge in [-0.2, -0.15) is 10.5 Å². The second kappa shape index (κ2) is 8.00. The summed E-state index contributed by atoms with van der Waals surface area (Å²) >= 11 is 0. The molecule has 1 aromatic rings. The second-order valence-electron chi connectivity index (χ2n) is 5.72. The first-order valence-corrected chi connectivity index (χ1v) is 7.86. The molecule has 1 aliphatic heterocycles. The van der Waals surface area contributed by atoms with Crippen LogP contribution < -0.4 is 5.32 Å². The number of rotatable bonds is 5. The first-order chi connectivity index (χ1) is 12.4. The number of carboxylic acid groups (broad SMARTS) is 1. The van der Waals surface area contributed by atoms with Gasteiger partial charge in [-0.1, -0.05) is 12.1 Å². The van der Waals surface area contributed by atoms with Gasteiger partial charge in [-0.15, -0.1) is 0 Å². The van der Waals surface area contributed by atoms with Gasteiger partial charge in [0, 0.05) is 11.4 Å². The van der Waals surface area contributed by atoms with E-state index in [9.17, 15) is 14.7 Å². The predicted octanol–water partition coefficient (Wildman–Crippen LogP) is 2.33. The number of benzene rings is 1. The molecule has 1 atom stereocenters. The van der Waals surface area contributed by atoms with E-state index < -0.39 is 17.9 Å². The van der Waals surface area contributed by atoms with Crippen molar-refractivity contribution < 1.29 is 19.4 Å². The minimum absolute atomic E-state index is 0.0348. The summed E-state index contributed by atoms with van der Waals surface area (Å²) in [6.07, 6.45) is 0.0493. The normalized spacial score (nSPS) is 16.4. The van der Waals surface area contributed by atoms with Crippen molar-refractivity contribution in [1.82, 2.24) is 5.32 Å². The van der Waals surface area contributed by atoms with E-state index in [1.807, 2.05) is 12.1 Å². The number of nitriles is 2. The van der Waals surface area contributed by atoms with E-state index in [-0.39, 0.29) is 24.2 Å². The summed E-state index contributed by atoms with van der Waals surface area (Å²) in [6.45, 7) is 3.22. The third kappa shape index (κ3) is 3.73. The molecule has 1 aromatic carbocycles. The summed E-state index contributed by atoms with van der Waals surface area (Å²) in [5, 5.41) is 30.1. The molecular weight excluding hydrogens is 334 g/mol. The molecule has 0 fully saturated rings. The summed E-state index contributed by atoms with van der Waals surface area (Å²) in [7, 11) is 0. The van der Waals surface area contributed by atoms with Crippen LogP contribution in [0.5, 0.6) is 0 Å². The first-order valence-electron chi connectivity index (χ1n) is 7.86. The Hall–Kier alpha value is -3.58. The number of carbonyl (C=O) groups is 2. The van der Waals surface area contributed by atoms with Crippen LogP contribution >= 0.6 is 0 Å². The summed E-state index contributed by atoms with van der Waals surface area (Å²) < 4.78 is 5.13. The van der Waals surface area contributed by atoms with Crippen LogP contribution in [0.15, 0.2) is 46.8 Å². The highest BCUT2D eigenvalue weighted by molar-refractivity contribution is 5.99. The molecule has 26 heavy (non-hydrogen) atoms. The van der Waals surface area contributed by atoms with E-state index in [4.69, 9.17) is 15.3 Å². The quantitative estimate of drug-likeness (QED) is 0.616. The van der Waals surface area contributed by atoms with E-state index in [0.29, 0.717) is 22.5 Å². The molecule has 0 saturated carbocycles. The van der Waals surface area contributed by atoms with Gasteiger partial charge in [-0.05, 0) is 31.5 Å². The largest absolute Gasteiger partial charge is 0.478 e. The number of carboxylic acids is 1. The molecule has 1 unspecified atom stereocenters. The Morgan fingerprint density at radius 2 is 1.77 bits per heavy atom. The first kappa shape index (κ1) is 18.8. The highest BCUT2D eigenvalue weighted by Gasteiger charge is 2.37. The molecule has 0 saturated heterocycles. The number of nitrogens with one attached hydrogen (secondary N) is 1. The number of nitrogens with zero attached hydrogens (tertiary/aromatic N) is 2. The molecule has 0 amide bonds. The molecule has 7 nitrogen and oxygen atoms in total. The minimum atomic E-state index is -1.15. The summed E-state index contributed by atoms with van der Waals surface area (Å²) in [4.78, 5) is 24.4. The third-order valence-corrected chi connectivity index (χ3v) is 4.03. The molecule has 0 aromatic heterocycles. The zero-order valence-corrected chi connectivity index (χ0v) is 14.4. The summed E-state index contributed by atoms with van der Waals surface area (Å²) in [6, 6.07) is 10.3. The molecule has 0 bridgehead atoms. The average Bonchev–Trinajstić information content (AvgIpc) is 2.60. The SMILES string of the molecule is CC1=C(C(=O)O)C(c2ccc(C#N)cc2)C(C(=O)OCCC#N)=C(C)N1. The molecule has 0 radical (unpaired) electrons. The van der Waals surface area contributed by atoms with Crippen LogP contribution in [-0.2, 0) is 14.3 Å². The van der Waals surface area contributed by atoms with E-state index in [0.717, 1.165) is 0 Å². The van der Waals surface area contributed by atoms with Crippen molar-refractivity contribution >= 4 is 11.9 Å². The van der Waals surface area contributed by atoms with Crippen molar-refractivity contribution in [3.63, 3.8) is 0 Å². The third-order valence-electron chi connectivity index (χ3n) is 4.03. The van der Waals surface area contributed by atoms with Crippen molar-refractivity contribution in [2.75, 3.05) is 6.61 Å². The van der Waals surface area contributed by atoms with Crippen LogP contribution in [0.1, 0.15) is 37.3 Å². The lowest BCUT2D eigenvalue weighted by Crippen LogP contribution is -2.31. The van der Waals surface area contributed by atoms with Crippen molar-refractivity contribution in [3.8, 4) is 12.1 Å². The number of hydrogen-bond acceptors (Lipinski definition) is 6. The van der Waals surface area contributed by atoms with Gasteiger partial charge in [-0.25, -0.2) is 9.59 Å². The highest BCUT2D eigenvalue weighted by Crippen LogP contribution is 2.38. The zero-order valence-electron chi connectivity index (χ0n) is 14.4. The van der Waals surface area contributed by atoms with Gasteiger partial charge in [0.15, 0.2) is 0 Å². The maximum Gasteiger partial charge on any atom is 0.336 e. The minimum Gasteiger partial charge on any atom is -0.478 e. The molecular formula is C19H17N3O4. The fraction of sp³-hybridized carbons (Fsp3) is 0.263. The van der Waals surface area contributed by atoms with Crippen LogP contribution in [0.3, 0.4) is 0 Å². The average molecular weight is 351 g/mol. The van der Waals surface area contributed by atoms with Crippen LogP contribution in [0.4, 0.5) is 0 Å². The van der Waals surface area contributed by atoms with Gasteiger partial charge >= 0.3 is 11.9 Å². The van der Waals surface area contributed by atoms with Gasteiger partial charge in [0.05, 0.1) is 41.2 Å². The fourth-order valence-electron chi connectivity index (χ4n) is 2.90. The van der Waals surface area contributed by atoms with E-state index >= 15 is 0 Å². The Labute approximate surface area is 150 Å². The van der Waals surface area contributed by atoms with Crippen molar-refractivity contribution in [3.05, 3.63) is 57.9 Å². The topological polar surface area (TPSA) is 123 Å². The lowest BCUT2D eigenvalue weighted by molar-refractivity contribution is -0.139. The highest BCUT2D eigenvalue weighted by atomic mass is 16.5. The van der Waals surface area contributed by atoms with Gasteiger partial charge in [-0.3, -0.25) is 0 Å². The summed E-state index contributed by atoms with van der Waals surface area (Å²) in [5.41, 5.74) is 2.12. The van der Waals surface area contributed by atoms with Crippen molar-refractivity contribution in [1.29, 1.82) is 10.5 Å². The van der Waals surface area contributed by atoms with Crippen LogP contribution in [0.25, 0.3) is 0 Å². The zero-order chi connectivity index (χ0) is 19.3. The number of carbonyl (C=O) groups excluding carboxylic acids is 1. The van der Waals surface area contributed by atoms with E-state index in [1.54, 1.807) is 38.1 Å². The standard InChI is InChI=1S/C19H17N3O4/c1-11-15(18(23)24)17(14-6-4-13(10-21)5-7-14)16(12(2)22-11)19(25)26-9-3-8-20/h4-7,17,22H,3,9H2,1-2H3,(H,23,24). The van der Waals surface area contributed by atoms with E-state index in [1.165, 1.54) is 0 Å². The molecule has 1 heterocycles. The van der Waals surface area contributed by atoms with Crippen LogP contribution in [-0.4, -0.2) is 23.7 Å². The Morgan fingerprint density at radius 3 is 2.31 bits per heavy atom. The smallest absolute Gasteiger partial charge is 0.336 e. The molecule has 2 N–H and O–H groups in total. The molecule has 0 aliphatic carbocycles. The number of esters is 1. The van der Waals surface area contributed by atoms with Crippen molar-refractivity contribution in [2.45, 2.75) is 26.2 Å². The number of dihydropyridines is 1. The lowest BCUT2D eigenvalue weighted by Gasteiger charge is -2.29. The fourth-order valence-corrected chi connectivity index (χ4v) is 2.90. The number of aliphatic carboxylic acids is 1. The summed E-state index contributed by atoms with van der Waals surface area (Å²) in [5.74, 6) is -2.67. The monoisotopic (exact) mass is 351 g/mol. The second-order valence-corrected chi connectivity index (χ2v) is 5.72. The maximum absolute atomic E-state index is 12.6.